The van der Waals surface area contributed by atoms with E-state index in [-0.39, 0.29) is 34.7 Å². The number of amides is 1. The van der Waals surface area contributed by atoms with Crippen molar-refractivity contribution in [3.8, 4) is 0 Å². The second-order valence-corrected chi connectivity index (χ2v) is 9.53. The third-order valence-electron chi connectivity index (χ3n) is 5.29. The number of nitrogens with one attached hydrogen (secondary N) is 2. The molecular formula is C21H23ClN4O4S. The van der Waals surface area contributed by atoms with Crippen molar-refractivity contribution in [1.82, 2.24) is 19.6 Å². The van der Waals surface area contributed by atoms with E-state index in [1.165, 1.54) is 18.2 Å². The molecule has 1 aromatic heterocycles. The molecule has 0 bridgehead atoms. The molecule has 1 atom stereocenters. The largest absolute Gasteiger partial charge is 0.377 e. The molecule has 1 fully saturated rings. The van der Waals surface area contributed by atoms with Crippen molar-refractivity contribution in [2.45, 2.75) is 30.4 Å². The van der Waals surface area contributed by atoms with E-state index in [4.69, 9.17) is 16.3 Å². The zero-order valence-electron chi connectivity index (χ0n) is 17.0. The van der Waals surface area contributed by atoms with E-state index >= 15 is 0 Å². The van der Waals surface area contributed by atoms with Crippen molar-refractivity contribution < 1.29 is 17.9 Å². The van der Waals surface area contributed by atoms with Crippen molar-refractivity contribution in [3.63, 3.8) is 0 Å². The normalized spacial score (nSPS) is 16.6. The molecule has 2 N–H and O–H groups in total. The maximum absolute atomic E-state index is 12.7. The van der Waals surface area contributed by atoms with Crippen LogP contribution in [0.1, 0.15) is 29.0 Å². The Hall–Kier alpha value is -2.46. The average molecular weight is 463 g/mol. The standard InChI is InChI=1S/C21H23ClN4O4S/c1-26-18-7-3-2-6-17(18)25-20(26)13-23-21(27)14-8-9-16(22)19(11-14)31(28,29)24-12-15-5-4-10-30-15/h2-3,6-9,11,15,24H,4-5,10,12-13H2,1H3,(H,23,27). The number of rotatable bonds is 7. The number of para-hydroxylation sites is 2. The summed E-state index contributed by atoms with van der Waals surface area (Å²) in [4.78, 5) is 17.1. The van der Waals surface area contributed by atoms with Gasteiger partial charge in [0.25, 0.3) is 5.91 Å². The zero-order chi connectivity index (χ0) is 22.0. The summed E-state index contributed by atoms with van der Waals surface area (Å²) in [7, 11) is -2.01. The molecule has 0 saturated carbocycles. The maximum Gasteiger partial charge on any atom is 0.251 e. The second kappa shape index (κ2) is 8.96. The Bertz CT molecular complexity index is 1220. The first kappa shape index (κ1) is 21.8. The van der Waals surface area contributed by atoms with E-state index in [9.17, 15) is 13.2 Å². The van der Waals surface area contributed by atoms with Crippen LogP contribution in [0.3, 0.4) is 0 Å². The van der Waals surface area contributed by atoms with Crippen LogP contribution in [0.15, 0.2) is 47.4 Å². The predicted octanol–water partition coefficient (Wildman–Crippen LogP) is 2.61. The Balaban J connectivity index is 1.47. The molecule has 3 aromatic rings. The molecule has 164 valence electrons. The summed E-state index contributed by atoms with van der Waals surface area (Å²) in [6, 6.07) is 11.9. The molecule has 1 saturated heterocycles. The molecule has 1 amide bonds. The Morgan fingerprint density at radius 2 is 2.10 bits per heavy atom. The topological polar surface area (TPSA) is 102 Å². The number of sulfonamides is 1. The number of aryl methyl sites for hydroxylation is 1. The number of imidazole rings is 1. The molecule has 1 aliphatic rings. The zero-order valence-corrected chi connectivity index (χ0v) is 18.5. The quantitative estimate of drug-likeness (QED) is 0.562. The van der Waals surface area contributed by atoms with Gasteiger partial charge >= 0.3 is 0 Å². The third-order valence-corrected chi connectivity index (χ3v) is 7.20. The van der Waals surface area contributed by atoms with Gasteiger partial charge in [-0.1, -0.05) is 23.7 Å². The Morgan fingerprint density at radius 3 is 2.84 bits per heavy atom. The molecule has 2 heterocycles. The number of hydrogen-bond acceptors (Lipinski definition) is 5. The van der Waals surface area contributed by atoms with Crippen LogP contribution in [0, 0.1) is 0 Å². The molecule has 0 spiro atoms. The number of halogens is 1. The first-order chi connectivity index (χ1) is 14.8. The van der Waals surface area contributed by atoms with Crippen molar-refractivity contribution in [2.75, 3.05) is 13.2 Å². The van der Waals surface area contributed by atoms with E-state index in [0.717, 1.165) is 23.9 Å². The molecule has 4 rings (SSSR count). The van der Waals surface area contributed by atoms with Crippen LogP contribution in [0.5, 0.6) is 0 Å². The van der Waals surface area contributed by atoms with E-state index in [1.807, 2.05) is 35.9 Å². The van der Waals surface area contributed by atoms with E-state index in [0.29, 0.717) is 12.4 Å². The number of benzene rings is 2. The SMILES string of the molecule is Cn1c(CNC(=O)c2ccc(Cl)c(S(=O)(=O)NCC3CCCO3)c2)nc2ccccc21. The second-order valence-electron chi connectivity index (χ2n) is 7.39. The van der Waals surface area contributed by atoms with Crippen LogP contribution < -0.4 is 10.0 Å². The molecule has 8 nitrogen and oxygen atoms in total. The molecule has 2 aromatic carbocycles. The van der Waals surface area contributed by atoms with E-state index < -0.39 is 15.9 Å². The fraction of sp³-hybridized carbons (Fsp3) is 0.333. The van der Waals surface area contributed by atoms with Gasteiger partial charge in [0.2, 0.25) is 10.0 Å². The maximum atomic E-state index is 12.7. The lowest BCUT2D eigenvalue weighted by Crippen LogP contribution is -2.32. The van der Waals surface area contributed by atoms with Gasteiger partial charge in [-0.2, -0.15) is 0 Å². The summed E-state index contributed by atoms with van der Waals surface area (Å²) in [5, 5.41) is 2.84. The van der Waals surface area contributed by atoms with Crippen LogP contribution >= 0.6 is 11.6 Å². The van der Waals surface area contributed by atoms with Gasteiger partial charge in [-0.05, 0) is 43.2 Å². The van der Waals surface area contributed by atoms with Crippen LogP contribution in [0.2, 0.25) is 5.02 Å². The number of carbonyl (C=O) groups is 1. The lowest BCUT2D eigenvalue weighted by Gasteiger charge is -2.13. The lowest BCUT2D eigenvalue weighted by atomic mass is 10.2. The van der Waals surface area contributed by atoms with Crippen molar-refractivity contribution >= 4 is 38.6 Å². The summed E-state index contributed by atoms with van der Waals surface area (Å²) < 4.78 is 35.3. The Kier molecular flexibility index (Phi) is 6.29. The van der Waals surface area contributed by atoms with Crippen molar-refractivity contribution in [2.24, 2.45) is 7.05 Å². The number of ether oxygens (including phenoxy) is 1. The monoisotopic (exact) mass is 462 g/mol. The summed E-state index contributed by atoms with van der Waals surface area (Å²) in [5.41, 5.74) is 2.00. The summed E-state index contributed by atoms with van der Waals surface area (Å²) in [6.07, 6.45) is 1.57. The molecule has 31 heavy (non-hydrogen) atoms. The third kappa shape index (κ3) is 4.74. The minimum Gasteiger partial charge on any atom is -0.377 e. The van der Waals surface area contributed by atoms with Gasteiger partial charge in [-0.15, -0.1) is 0 Å². The van der Waals surface area contributed by atoms with Crippen molar-refractivity contribution in [3.05, 3.63) is 58.9 Å². The lowest BCUT2D eigenvalue weighted by molar-refractivity contribution is 0.0949. The summed E-state index contributed by atoms with van der Waals surface area (Å²) >= 11 is 6.12. The van der Waals surface area contributed by atoms with Gasteiger partial charge < -0.3 is 14.6 Å². The van der Waals surface area contributed by atoms with Gasteiger partial charge in [0.15, 0.2) is 0 Å². The van der Waals surface area contributed by atoms with Gasteiger partial charge in [-0.25, -0.2) is 18.1 Å². The fourth-order valence-electron chi connectivity index (χ4n) is 3.55. The number of hydrogen-bond donors (Lipinski definition) is 2. The van der Waals surface area contributed by atoms with E-state index in [1.54, 1.807) is 0 Å². The van der Waals surface area contributed by atoms with Gasteiger partial charge in [-0.3, -0.25) is 4.79 Å². The molecule has 1 unspecified atom stereocenters. The van der Waals surface area contributed by atoms with E-state index in [2.05, 4.69) is 15.0 Å². The fourth-order valence-corrected chi connectivity index (χ4v) is 5.14. The van der Waals surface area contributed by atoms with Crippen LogP contribution in [0.25, 0.3) is 11.0 Å². The summed E-state index contributed by atoms with van der Waals surface area (Å²) in [6.45, 7) is 1.00. The minimum absolute atomic E-state index is 0.0479. The van der Waals surface area contributed by atoms with Gasteiger partial charge in [0.05, 0.1) is 28.7 Å². The van der Waals surface area contributed by atoms with Crippen LogP contribution in [-0.4, -0.2) is 43.1 Å². The number of fused-ring (bicyclic) bond motifs is 1. The predicted molar refractivity (Wildman–Crippen MR) is 117 cm³/mol. The highest BCUT2D eigenvalue weighted by Gasteiger charge is 2.23. The number of nitrogens with zero attached hydrogens (tertiary/aromatic N) is 2. The highest BCUT2D eigenvalue weighted by molar-refractivity contribution is 7.89. The van der Waals surface area contributed by atoms with Crippen LogP contribution in [-0.2, 0) is 28.4 Å². The minimum atomic E-state index is -3.88. The van der Waals surface area contributed by atoms with Gasteiger partial charge in [0.1, 0.15) is 10.7 Å². The first-order valence-electron chi connectivity index (χ1n) is 9.94. The van der Waals surface area contributed by atoms with Crippen LogP contribution in [0.4, 0.5) is 0 Å². The number of carbonyl (C=O) groups excluding carboxylic acids is 1. The average Bonchev–Trinajstić information content (AvgIpc) is 3.39. The smallest absolute Gasteiger partial charge is 0.251 e. The molecule has 1 aliphatic heterocycles. The van der Waals surface area contributed by atoms with Gasteiger partial charge in [0, 0.05) is 25.8 Å². The highest BCUT2D eigenvalue weighted by Crippen LogP contribution is 2.23. The van der Waals surface area contributed by atoms with Crippen molar-refractivity contribution in [1.29, 1.82) is 0 Å². The number of aromatic nitrogens is 2. The first-order valence-corrected chi connectivity index (χ1v) is 11.8. The summed E-state index contributed by atoms with van der Waals surface area (Å²) in [5.74, 6) is 0.272. The molecule has 10 heteroatoms. The molecule has 0 radical (unpaired) electrons. The Labute approximate surface area is 185 Å². The highest BCUT2D eigenvalue weighted by atomic mass is 35.5. The molecular weight excluding hydrogens is 440 g/mol. The molecule has 0 aliphatic carbocycles. The Morgan fingerprint density at radius 1 is 1.29 bits per heavy atom.